The number of hydrogen-bond acceptors (Lipinski definition) is 4. The molecule has 2 aromatic heterocycles. The molecule has 4 heteroatoms. The van der Waals surface area contributed by atoms with Crippen molar-refractivity contribution in [1.29, 1.82) is 0 Å². The Balaban J connectivity index is 1.83. The molecule has 29 heavy (non-hydrogen) atoms. The van der Waals surface area contributed by atoms with E-state index < -0.39 is 0 Å². The van der Waals surface area contributed by atoms with E-state index in [9.17, 15) is 4.79 Å². The first-order chi connectivity index (χ1) is 14.2. The van der Waals surface area contributed by atoms with Crippen LogP contribution in [0.2, 0.25) is 0 Å². The number of pyridine rings is 1. The third-order valence-corrected chi connectivity index (χ3v) is 5.00. The van der Waals surface area contributed by atoms with Gasteiger partial charge in [-0.15, -0.1) is 0 Å². The van der Waals surface area contributed by atoms with Gasteiger partial charge in [0.1, 0.15) is 17.1 Å². The second-order valence-electron chi connectivity index (χ2n) is 6.75. The van der Waals surface area contributed by atoms with Gasteiger partial charge in [0.05, 0.1) is 29.3 Å². The van der Waals surface area contributed by atoms with Crippen LogP contribution in [0.4, 0.5) is 0 Å². The molecule has 0 unspecified atom stereocenters. The van der Waals surface area contributed by atoms with Crippen molar-refractivity contribution in [2.45, 2.75) is 0 Å². The topological polar surface area (TPSA) is 52.3 Å². The zero-order chi connectivity index (χ0) is 19.8. The van der Waals surface area contributed by atoms with E-state index >= 15 is 0 Å². The van der Waals surface area contributed by atoms with Crippen molar-refractivity contribution in [2.24, 2.45) is 0 Å². The van der Waals surface area contributed by atoms with Crippen LogP contribution < -0.4 is 10.2 Å². The minimum atomic E-state index is -0.0968. The van der Waals surface area contributed by atoms with E-state index in [0.717, 1.165) is 22.2 Å². The number of para-hydroxylation sites is 2. The maximum atomic E-state index is 13.5. The molecule has 0 bridgehead atoms. The predicted octanol–water partition coefficient (Wildman–Crippen LogP) is 5.68. The number of fused-ring (bicyclic) bond motifs is 2. The molecule has 0 aliphatic heterocycles. The van der Waals surface area contributed by atoms with Crippen molar-refractivity contribution in [3.05, 3.63) is 95.2 Å². The average molecular weight is 379 g/mol. The maximum Gasteiger partial charge on any atom is 0.202 e. The fraction of sp³-hybridized carbons (Fsp3) is 0.0400. The third kappa shape index (κ3) is 2.95. The Bertz CT molecular complexity index is 1400. The molecule has 0 aliphatic rings. The van der Waals surface area contributed by atoms with E-state index in [1.165, 1.54) is 0 Å². The normalized spacial score (nSPS) is 11.1. The van der Waals surface area contributed by atoms with Gasteiger partial charge in [0, 0.05) is 10.9 Å². The zero-order valence-electron chi connectivity index (χ0n) is 15.8. The number of rotatable bonds is 3. The fourth-order valence-electron chi connectivity index (χ4n) is 3.53. The highest BCUT2D eigenvalue weighted by atomic mass is 16.5. The summed E-state index contributed by atoms with van der Waals surface area (Å²) in [5.41, 5.74) is 3.12. The zero-order valence-corrected chi connectivity index (χ0v) is 15.8. The molecule has 0 radical (unpaired) electrons. The van der Waals surface area contributed by atoms with E-state index in [0.29, 0.717) is 28.0 Å². The molecule has 2 heterocycles. The first-order valence-corrected chi connectivity index (χ1v) is 9.31. The lowest BCUT2D eigenvalue weighted by molar-refractivity contribution is 0.415. The summed E-state index contributed by atoms with van der Waals surface area (Å²) < 4.78 is 11.5. The maximum absolute atomic E-state index is 13.5. The van der Waals surface area contributed by atoms with E-state index in [2.05, 4.69) is 0 Å². The molecular formula is C25H17NO3. The van der Waals surface area contributed by atoms with Crippen LogP contribution in [0.1, 0.15) is 0 Å². The Hall–Kier alpha value is -3.92. The summed E-state index contributed by atoms with van der Waals surface area (Å²) in [5, 5.41) is 1.56. The van der Waals surface area contributed by atoms with Crippen molar-refractivity contribution in [3.8, 4) is 28.3 Å². The average Bonchev–Trinajstić information content (AvgIpc) is 2.79. The van der Waals surface area contributed by atoms with Crippen molar-refractivity contribution >= 4 is 21.9 Å². The number of hydrogen-bond donors (Lipinski definition) is 0. The van der Waals surface area contributed by atoms with Crippen LogP contribution in [-0.2, 0) is 0 Å². The summed E-state index contributed by atoms with van der Waals surface area (Å²) in [7, 11) is 1.62. The Labute approximate surface area is 167 Å². The molecule has 140 valence electrons. The van der Waals surface area contributed by atoms with Crippen molar-refractivity contribution in [2.75, 3.05) is 7.11 Å². The van der Waals surface area contributed by atoms with Gasteiger partial charge in [-0.25, -0.2) is 4.98 Å². The smallest absolute Gasteiger partial charge is 0.202 e. The first kappa shape index (κ1) is 17.2. The molecule has 5 aromatic rings. The predicted molar refractivity (Wildman–Crippen MR) is 115 cm³/mol. The van der Waals surface area contributed by atoms with Crippen LogP contribution in [0.5, 0.6) is 5.75 Å². The molecule has 3 aromatic carbocycles. The molecule has 4 nitrogen and oxygen atoms in total. The molecule has 0 fully saturated rings. The van der Waals surface area contributed by atoms with E-state index in [1.807, 2.05) is 72.8 Å². The Morgan fingerprint density at radius 2 is 1.59 bits per heavy atom. The van der Waals surface area contributed by atoms with Gasteiger partial charge in [0.25, 0.3) is 0 Å². The molecular weight excluding hydrogens is 362 g/mol. The number of ether oxygens (including phenoxy) is 1. The van der Waals surface area contributed by atoms with Gasteiger partial charge in [0.15, 0.2) is 0 Å². The molecule has 0 saturated heterocycles. The van der Waals surface area contributed by atoms with Crippen LogP contribution in [0.25, 0.3) is 44.5 Å². The number of nitrogens with zero attached hydrogens (tertiary/aromatic N) is 1. The van der Waals surface area contributed by atoms with Crippen molar-refractivity contribution in [3.63, 3.8) is 0 Å². The van der Waals surface area contributed by atoms with Gasteiger partial charge in [-0.2, -0.15) is 0 Å². The largest absolute Gasteiger partial charge is 0.497 e. The lowest BCUT2D eigenvalue weighted by atomic mass is 10.0. The number of aromatic nitrogens is 1. The molecule has 0 amide bonds. The standard InChI is InChI=1S/C25H17NO3/c1-28-18-13-10-17(11-14-18)25-23(24(27)19-7-3-5-9-22(19)29-25)21-15-12-16-6-2-4-8-20(16)26-21/h2-15H,1H3. The highest BCUT2D eigenvalue weighted by molar-refractivity contribution is 5.90. The molecule has 0 spiro atoms. The minimum Gasteiger partial charge on any atom is -0.497 e. The fourth-order valence-corrected chi connectivity index (χ4v) is 3.53. The van der Waals surface area contributed by atoms with Gasteiger partial charge >= 0.3 is 0 Å². The van der Waals surface area contributed by atoms with Crippen molar-refractivity contribution < 1.29 is 9.15 Å². The summed E-state index contributed by atoms with van der Waals surface area (Å²) in [6, 6.07) is 26.4. The molecule has 0 saturated carbocycles. The monoisotopic (exact) mass is 379 g/mol. The van der Waals surface area contributed by atoms with Gasteiger partial charge in [-0.3, -0.25) is 4.79 Å². The van der Waals surface area contributed by atoms with Crippen LogP contribution in [-0.4, -0.2) is 12.1 Å². The van der Waals surface area contributed by atoms with Crippen molar-refractivity contribution in [1.82, 2.24) is 4.98 Å². The molecule has 5 rings (SSSR count). The number of methoxy groups -OCH3 is 1. The Kier molecular flexibility index (Phi) is 4.10. The van der Waals surface area contributed by atoms with Gasteiger partial charge < -0.3 is 9.15 Å². The lowest BCUT2D eigenvalue weighted by Gasteiger charge is -2.11. The van der Waals surface area contributed by atoms with E-state index in [-0.39, 0.29) is 5.43 Å². The van der Waals surface area contributed by atoms with Gasteiger partial charge in [0.2, 0.25) is 5.43 Å². The van der Waals surface area contributed by atoms with E-state index in [1.54, 1.807) is 19.2 Å². The van der Waals surface area contributed by atoms with Gasteiger partial charge in [-0.05, 0) is 48.5 Å². The minimum absolute atomic E-state index is 0.0968. The third-order valence-electron chi connectivity index (χ3n) is 5.00. The molecule has 0 atom stereocenters. The van der Waals surface area contributed by atoms with E-state index in [4.69, 9.17) is 14.1 Å². The summed E-state index contributed by atoms with van der Waals surface area (Å²) in [5.74, 6) is 1.24. The highest BCUT2D eigenvalue weighted by Crippen LogP contribution is 2.33. The quantitative estimate of drug-likeness (QED) is 0.404. The van der Waals surface area contributed by atoms with Crippen LogP contribution in [0, 0.1) is 0 Å². The summed E-state index contributed by atoms with van der Waals surface area (Å²) in [6.45, 7) is 0. The number of benzene rings is 3. The Morgan fingerprint density at radius 3 is 2.41 bits per heavy atom. The second kappa shape index (κ2) is 6.91. The lowest BCUT2D eigenvalue weighted by Crippen LogP contribution is -2.08. The second-order valence-corrected chi connectivity index (χ2v) is 6.75. The molecule has 0 aliphatic carbocycles. The van der Waals surface area contributed by atoms with Gasteiger partial charge in [-0.1, -0.05) is 36.4 Å². The summed E-state index contributed by atoms with van der Waals surface area (Å²) >= 11 is 0. The SMILES string of the molecule is COc1ccc(-c2oc3ccccc3c(=O)c2-c2ccc3ccccc3n2)cc1. The van der Waals surface area contributed by atoms with Crippen LogP contribution >= 0.6 is 0 Å². The first-order valence-electron chi connectivity index (χ1n) is 9.31. The summed E-state index contributed by atoms with van der Waals surface area (Å²) in [4.78, 5) is 18.2. The Morgan fingerprint density at radius 1 is 0.828 bits per heavy atom. The molecule has 0 N–H and O–H groups in total. The summed E-state index contributed by atoms with van der Waals surface area (Å²) in [6.07, 6.45) is 0. The highest BCUT2D eigenvalue weighted by Gasteiger charge is 2.19. The van der Waals surface area contributed by atoms with Crippen LogP contribution in [0.15, 0.2) is 94.1 Å². The van der Waals surface area contributed by atoms with Crippen LogP contribution in [0.3, 0.4) is 0 Å².